The average molecular weight is 304 g/mol. The number of hydrogen-bond acceptors (Lipinski definition) is 3. The zero-order valence-corrected chi connectivity index (χ0v) is 13.7. The van der Waals surface area contributed by atoms with Gasteiger partial charge in [-0.2, -0.15) is 0 Å². The van der Waals surface area contributed by atoms with E-state index in [2.05, 4.69) is 19.9 Å². The van der Waals surface area contributed by atoms with Gasteiger partial charge >= 0.3 is 0 Å². The van der Waals surface area contributed by atoms with Gasteiger partial charge in [0.15, 0.2) is 0 Å². The third-order valence-corrected chi connectivity index (χ3v) is 7.84. The maximum absolute atomic E-state index is 11.9. The van der Waals surface area contributed by atoms with Crippen LogP contribution in [0.5, 0.6) is 0 Å². The van der Waals surface area contributed by atoms with Crippen molar-refractivity contribution in [3.63, 3.8) is 0 Å². The summed E-state index contributed by atoms with van der Waals surface area (Å²) in [6.45, 7) is 4.59. The lowest BCUT2D eigenvalue weighted by molar-refractivity contribution is -0.171. The van der Waals surface area contributed by atoms with E-state index in [9.17, 15) is 15.0 Å². The van der Waals surface area contributed by atoms with Gasteiger partial charge in [-0.25, -0.2) is 0 Å². The molecule has 2 N–H and O–H groups in total. The van der Waals surface area contributed by atoms with Crippen LogP contribution in [0.25, 0.3) is 0 Å². The molecule has 0 bridgehead atoms. The van der Waals surface area contributed by atoms with Crippen LogP contribution < -0.4 is 0 Å². The second-order valence-corrected chi connectivity index (χ2v) is 8.85. The third-order valence-electron chi connectivity index (χ3n) is 7.84. The fraction of sp³-hybridized carbons (Fsp3) is 0.842. The number of hydrogen-bond donors (Lipinski definition) is 2. The fourth-order valence-corrected chi connectivity index (χ4v) is 6.56. The molecule has 0 aliphatic heterocycles. The summed E-state index contributed by atoms with van der Waals surface area (Å²) in [6, 6.07) is 0. The fourth-order valence-electron chi connectivity index (χ4n) is 6.56. The first kappa shape index (κ1) is 14.9. The molecule has 3 saturated carbocycles. The van der Waals surface area contributed by atoms with Crippen LogP contribution >= 0.6 is 0 Å². The van der Waals surface area contributed by atoms with E-state index in [4.69, 9.17) is 0 Å². The Kier molecular flexibility index (Phi) is 3.16. The Labute approximate surface area is 132 Å². The highest BCUT2D eigenvalue weighted by atomic mass is 16.3. The largest absolute Gasteiger partial charge is 0.393 e. The van der Waals surface area contributed by atoms with Gasteiger partial charge in [-0.15, -0.1) is 0 Å². The Morgan fingerprint density at radius 2 is 2.00 bits per heavy atom. The van der Waals surface area contributed by atoms with Crippen molar-refractivity contribution >= 4 is 5.78 Å². The van der Waals surface area contributed by atoms with Crippen LogP contribution in [-0.4, -0.2) is 28.2 Å². The van der Waals surface area contributed by atoms with Gasteiger partial charge in [0, 0.05) is 18.8 Å². The van der Waals surface area contributed by atoms with Crippen LogP contribution in [0.4, 0.5) is 0 Å². The maximum Gasteiger partial charge on any atom is 0.133 e. The Bertz CT molecular complexity index is 527. The van der Waals surface area contributed by atoms with E-state index in [0.29, 0.717) is 30.5 Å². The van der Waals surface area contributed by atoms with Gasteiger partial charge in [0.25, 0.3) is 0 Å². The van der Waals surface area contributed by atoms with E-state index in [0.717, 1.165) is 25.7 Å². The zero-order chi connectivity index (χ0) is 15.7. The minimum atomic E-state index is -0.419. The summed E-state index contributed by atoms with van der Waals surface area (Å²) in [4.78, 5) is 11.9. The lowest BCUT2D eigenvalue weighted by atomic mass is 9.44. The molecule has 4 aliphatic rings. The number of carbonyl (C=O) groups is 1. The lowest BCUT2D eigenvalue weighted by Crippen LogP contribution is -2.59. The molecule has 3 heteroatoms. The normalized spacial score (nSPS) is 57.2. The van der Waals surface area contributed by atoms with E-state index in [-0.39, 0.29) is 28.8 Å². The molecule has 122 valence electrons. The molecule has 3 nitrogen and oxygen atoms in total. The second kappa shape index (κ2) is 4.67. The highest BCUT2D eigenvalue weighted by molar-refractivity contribution is 5.79. The minimum absolute atomic E-state index is 0.0370. The molecular formula is C19H28O3. The van der Waals surface area contributed by atoms with Crippen molar-refractivity contribution in [2.45, 2.75) is 64.6 Å². The summed E-state index contributed by atoms with van der Waals surface area (Å²) in [7, 11) is 0. The lowest BCUT2D eigenvalue weighted by Gasteiger charge is -2.61. The van der Waals surface area contributed by atoms with Crippen LogP contribution in [0.1, 0.15) is 52.4 Å². The summed E-state index contributed by atoms with van der Waals surface area (Å²) in [5.74, 6) is 1.48. The molecule has 4 aliphatic carbocycles. The quantitative estimate of drug-likeness (QED) is 0.677. The predicted molar refractivity (Wildman–Crippen MR) is 84.0 cm³/mol. The standard InChI is InChI=1S/C19H28O3/c1-18-6-4-13-16(17(18)14(21)5-7-18)15(22)10-11-9-12(20)3-8-19(11,13)2/h5,7,11,13-17,21-22H,3-4,6,8-10H2,1-2H3/t11-,13+,14+,15-,16+,17+,18-,19+/m1/s1. The number of fused-ring (bicyclic) bond motifs is 5. The highest BCUT2D eigenvalue weighted by Crippen LogP contribution is 2.64. The number of Topliss-reactive ketones (excluding diaryl/α,β-unsaturated/α-hetero) is 1. The van der Waals surface area contributed by atoms with Crippen molar-refractivity contribution in [1.29, 1.82) is 0 Å². The van der Waals surface area contributed by atoms with Crippen molar-refractivity contribution < 1.29 is 15.0 Å². The molecule has 0 heterocycles. The van der Waals surface area contributed by atoms with Gasteiger partial charge in [-0.1, -0.05) is 26.0 Å². The smallest absolute Gasteiger partial charge is 0.133 e. The van der Waals surface area contributed by atoms with Crippen molar-refractivity contribution in [2.75, 3.05) is 0 Å². The zero-order valence-electron chi connectivity index (χ0n) is 13.7. The molecule has 22 heavy (non-hydrogen) atoms. The van der Waals surface area contributed by atoms with Crippen LogP contribution in [0.15, 0.2) is 12.2 Å². The molecule has 0 aromatic heterocycles. The van der Waals surface area contributed by atoms with Gasteiger partial charge in [-0.05, 0) is 54.3 Å². The Morgan fingerprint density at radius 3 is 2.77 bits per heavy atom. The van der Waals surface area contributed by atoms with E-state index in [1.165, 1.54) is 0 Å². The Hall–Kier alpha value is -0.670. The van der Waals surface area contributed by atoms with Gasteiger partial charge in [0.2, 0.25) is 0 Å². The van der Waals surface area contributed by atoms with Crippen LogP contribution in [0, 0.1) is 34.5 Å². The van der Waals surface area contributed by atoms with E-state index in [1.807, 2.05) is 6.08 Å². The first-order chi connectivity index (χ1) is 10.3. The summed E-state index contributed by atoms with van der Waals surface area (Å²) in [5, 5.41) is 21.4. The van der Waals surface area contributed by atoms with Crippen molar-refractivity contribution in [3.05, 3.63) is 12.2 Å². The topological polar surface area (TPSA) is 57.5 Å². The molecule has 0 radical (unpaired) electrons. The summed E-state index contributed by atoms with van der Waals surface area (Å²) >= 11 is 0. The Balaban J connectivity index is 1.71. The van der Waals surface area contributed by atoms with E-state index in [1.54, 1.807) is 0 Å². The van der Waals surface area contributed by atoms with Gasteiger partial charge in [0.1, 0.15) is 5.78 Å². The number of ketones is 1. The maximum atomic E-state index is 11.9. The van der Waals surface area contributed by atoms with Crippen molar-refractivity contribution in [3.8, 4) is 0 Å². The monoisotopic (exact) mass is 304 g/mol. The number of rotatable bonds is 0. The number of aliphatic hydroxyl groups is 2. The number of carbonyl (C=O) groups excluding carboxylic acids is 1. The van der Waals surface area contributed by atoms with Gasteiger partial charge in [0.05, 0.1) is 12.2 Å². The molecule has 0 unspecified atom stereocenters. The van der Waals surface area contributed by atoms with Crippen molar-refractivity contribution in [1.82, 2.24) is 0 Å². The van der Waals surface area contributed by atoms with Gasteiger partial charge in [-0.3, -0.25) is 4.79 Å². The van der Waals surface area contributed by atoms with Gasteiger partial charge < -0.3 is 10.2 Å². The first-order valence-electron chi connectivity index (χ1n) is 8.92. The van der Waals surface area contributed by atoms with Crippen LogP contribution in [0.3, 0.4) is 0 Å². The van der Waals surface area contributed by atoms with Crippen LogP contribution in [-0.2, 0) is 4.79 Å². The molecular weight excluding hydrogens is 276 g/mol. The molecule has 0 saturated heterocycles. The molecule has 0 spiro atoms. The summed E-state index contributed by atoms with van der Waals surface area (Å²) < 4.78 is 0. The van der Waals surface area contributed by atoms with E-state index >= 15 is 0 Å². The molecule has 0 aromatic carbocycles. The predicted octanol–water partition coefficient (Wildman–Crippen LogP) is 2.71. The van der Waals surface area contributed by atoms with Crippen molar-refractivity contribution in [2.24, 2.45) is 34.5 Å². The molecule has 0 aromatic rings. The third kappa shape index (κ3) is 1.85. The number of aliphatic hydroxyl groups excluding tert-OH is 2. The second-order valence-electron chi connectivity index (χ2n) is 8.85. The highest BCUT2D eigenvalue weighted by Gasteiger charge is 2.61. The Morgan fingerprint density at radius 1 is 1.23 bits per heavy atom. The molecule has 4 rings (SSSR count). The summed E-state index contributed by atoms with van der Waals surface area (Å²) in [6.07, 6.45) is 8.62. The SMILES string of the molecule is C[C@]12CCC(=O)C[C@@H]1C[C@@H](O)[C@H]1[C@@H]3[C@@H](O)C=C[C@@]3(C)CC[C@@H]12. The van der Waals surface area contributed by atoms with Crippen LogP contribution in [0.2, 0.25) is 0 Å². The first-order valence-corrected chi connectivity index (χ1v) is 8.92. The molecule has 0 amide bonds. The minimum Gasteiger partial charge on any atom is -0.393 e. The number of allylic oxidation sites excluding steroid dienone is 1. The average Bonchev–Trinajstić information content (AvgIpc) is 2.77. The summed E-state index contributed by atoms with van der Waals surface area (Å²) in [5.41, 5.74) is 0.205. The molecule has 3 fully saturated rings. The van der Waals surface area contributed by atoms with E-state index < -0.39 is 6.10 Å². The molecule has 8 atom stereocenters.